The number of likely N-dealkylation sites (tertiary alicyclic amines) is 1. The summed E-state index contributed by atoms with van der Waals surface area (Å²) in [5.41, 5.74) is 0.641. The smallest absolute Gasteiger partial charge is 0.146 e. The molecule has 4 heterocycles. The lowest BCUT2D eigenvalue weighted by atomic mass is 9.96. The van der Waals surface area contributed by atoms with Gasteiger partial charge in [0.2, 0.25) is 0 Å². The van der Waals surface area contributed by atoms with Crippen LogP contribution in [-0.2, 0) is 13.6 Å². The molecular formula is C20H27N7. The van der Waals surface area contributed by atoms with Gasteiger partial charge >= 0.3 is 0 Å². The van der Waals surface area contributed by atoms with E-state index in [9.17, 15) is 5.26 Å². The highest BCUT2D eigenvalue weighted by atomic mass is 15.3. The number of anilines is 1. The lowest BCUT2D eigenvalue weighted by molar-refractivity contribution is 0.213. The third-order valence-electron chi connectivity index (χ3n) is 5.81. The van der Waals surface area contributed by atoms with E-state index in [1.165, 1.54) is 19.3 Å². The summed E-state index contributed by atoms with van der Waals surface area (Å²) in [4.78, 5) is 9.17. The number of piperidine rings is 2. The molecule has 0 saturated carbocycles. The van der Waals surface area contributed by atoms with Crippen LogP contribution >= 0.6 is 0 Å². The summed E-state index contributed by atoms with van der Waals surface area (Å²) in [6, 6.07) is 5.92. The molecule has 0 aliphatic carbocycles. The van der Waals surface area contributed by atoms with Crippen LogP contribution in [0.3, 0.4) is 0 Å². The van der Waals surface area contributed by atoms with Crippen molar-refractivity contribution in [1.82, 2.24) is 24.6 Å². The summed E-state index contributed by atoms with van der Waals surface area (Å²) < 4.78 is 2.19. The van der Waals surface area contributed by atoms with Gasteiger partial charge in [0, 0.05) is 32.3 Å². The highest BCUT2D eigenvalue weighted by molar-refractivity contribution is 5.53. The third-order valence-corrected chi connectivity index (χ3v) is 5.81. The van der Waals surface area contributed by atoms with Crippen molar-refractivity contribution in [3.63, 3.8) is 0 Å². The highest BCUT2D eigenvalue weighted by Crippen LogP contribution is 2.29. The average Bonchev–Trinajstić information content (AvgIpc) is 3.09. The van der Waals surface area contributed by atoms with Crippen LogP contribution in [0.4, 0.5) is 5.82 Å². The molecule has 2 fully saturated rings. The number of nitrogens with zero attached hydrogens (tertiary/aromatic N) is 7. The predicted octanol–water partition coefficient (Wildman–Crippen LogP) is 2.45. The van der Waals surface area contributed by atoms with E-state index >= 15 is 0 Å². The maximum atomic E-state index is 9.39. The Hall–Kier alpha value is -2.46. The van der Waals surface area contributed by atoms with Gasteiger partial charge in [0.15, 0.2) is 0 Å². The SMILES string of the molecule is Cn1c(CN2CCCCC2)nnc1[C@H]1CCCN(c2ncccc2C#N)C1. The Morgan fingerprint density at radius 3 is 2.81 bits per heavy atom. The third kappa shape index (κ3) is 3.81. The van der Waals surface area contributed by atoms with Crippen molar-refractivity contribution in [2.75, 3.05) is 31.1 Å². The van der Waals surface area contributed by atoms with E-state index in [1.54, 1.807) is 6.20 Å². The van der Waals surface area contributed by atoms with Gasteiger partial charge in [-0.2, -0.15) is 5.26 Å². The Bertz CT molecular complexity index is 816. The Morgan fingerprint density at radius 1 is 1.15 bits per heavy atom. The van der Waals surface area contributed by atoms with Crippen molar-refractivity contribution in [3.8, 4) is 6.07 Å². The van der Waals surface area contributed by atoms with Crippen molar-refractivity contribution in [2.24, 2.45) is 7.05 Å². The molecule has 2 saturated heterocycles. The van der Waals surface area contributed by atoms with Crippen molar-refractivity contribution < 1.29 is 0 Å². The monoisotopic (exact) mass is 365 g/mol. The zero-order valence-electron chi connectivity index (χ0n) is 16.0. The summed E-state index contributed by atoms with van der Waals surface area (Å²) >= 11 is 0. The quantitative estimate of drug-likeness (QED) is 0.829. The Kier molecular flexibility index (Phi) is 5.35. The molecule has 2 aliphatic heterocycles. The van der Waals surface area contributed by atoms with Crippen molar-refractivity contribution in [2.45, 2.75) is 44.6 Å². The standard InChI is InChI=1S/C20H27N7/c1-25-18(15-26-10-3-2-4-11-26)23-24-20(25)17-8-6-12-27(14-17)19-16(13-21)7-5-9-22-19/h5,7,9,17H,2-4,6,8,10-12,14-15H2,1H3/t17-/m0/s1. The van der Waals surface area contributed by atoms with Gasteiger partial charge in [0.1, 0.15) is 23.5 Å². The Morgan fingerprint density at radius 2 is 2.00 bits per heavy atom. The van der Waals surface area contributed by atoms with Crippen LogP contribution in [0.1, 0.15) is 55.2 Å². The fourth-order valence-electron chi connectivity index (χ4n) is 4.30. The molecule has 0 radical (unpaired) electrons. The van der Waals surface area contributed by atoms with Crippen LogP contribution in [0.15, 0.2) is 18.3 Å². The zero-order valence-corrected chi connectivity index (χ0v) is 16.0. The molecule has 0 bridgehead atoms. The van der Waals surface area contributed by atoms with Crippen molar-refractivity contribution in [3.05, 3.63) is 35.5 Å². The molecule has 2 aromatic rings. The molecule has 2 aliphatic rings. The highest BCUT2D eigenvalue weighted by Gasteiger charge is 2.28. The summed E-state index contributed by atoms with van der Waals surface area (Å²) in [6.45, 7) is 4.98. The van der Waals surface area contributed by atoms with Gasteiger partial charge in [0.05, 0.1) is 12.1 Å². The molecular weight excluding hydrogens is 338 g/mol. The second kappa shape index (κ2) is 8.05. The molecule has 27 heavy (non-hydrogen) atoms. The van der Waals surface area contributed by atoms with E-state index in [0.29, 0.717) is 11.5 Å². The van der Waals surface area contributed by atoms with E-state index in [2.05, 4.69) is 42.7 Å². The van der Waals surface area contributed by atoms with Crippen LogP contribution in [0, 0.1) is 11.3 Å². The molecule has 0 amide bonds. The molecule has 0 unspecified atom stereocenters. The van der Waals surface area contributed by atoms with E-state index < -0.39 is 0 Å². The lowest BCUT2D eigenvalue weighted by Gasteiger charge is -2.33. The number of rotatable bonds is 4. The molecule has 2 aromatic heterocycles. The van der Waals surface area contributed by atoms with E-state index in [-0.39, 0.29) is 0 Å². The number of hydrogen-bond acceptors (Lipinski definition) is 6. The second-order valence-corrected chi connectivity index (χ2v) is 7.64. The summed E-state index contributed by atoms with van der Waals surface area (Å²) in [5, 5.41) is 18.4. The largest absolute Gasteiger partial charge is 0.355 e. The fourth-order valence-corrected chi connectivity index (χ4v) is 4.30. The van der Waals surface area contributed by atoms with Crippen LogP contribution in [0.2, 0.25) is 0 Å². The predicted molar refractivity (Wildman–Crippen MR) is 103 cm³/mol. The van der Waals surface area contributed by atoms with E-state index in [1.807, 2.05) is 12.1 Å². The summed E-state index contributed by atoms with van der Waals surface area (Å²) in [5.74, 6) is 3.22. The lowest BCUT2D eigenvalue weighted by Crippen LogP contribution is -2.36. The van der Waals surface area contributed by atoms with Crippen molar-refractivity contribution in [1.29, 1.82) is 5.26 Å². The maximum Gasteiger partial charge on any atom is 0.146 e. The van der Waals surface area contributed by atoms with Gasteiger partial charge in [0.25, 0.3) is 0 Å². The molecule has 1 atom stereocenters. The molecule has 142 valence electrons. The fraction of sp³-hybridized carbons (Fsp3) is 0.600. The van der Waals surface area contributed by atoms with Crippen LogP contribution in [0.25, 0.3) is 0 Å². The first-order valence-electron chi connectivity index (χ1n) is 9.97. The molecule has 0 N–H and O–H groups in total. The van der Waals surface area contributed by atoms with Crippen LogP contribution in [0.5, 0.6) is 0 Å². The minimum absolute atomic E-state index is 0.319. The van der Waals surface area contributed by atoms with Gasteiger partial charge in [-0.15, -0.1) is 10.2 Å². The molecule has 4 rings (SSSR count). The normalized spacial score (nSPS) is 21.2. The minimum Gasteiger partial charge on any atom is -0.355 e. The van der Waals surface area contributed by atoms with Gasteiger partial charge in [-0.1, -0.05) is 6.42 Å². The van der Waals surface area contributed by atoms with E-state index in [0.717, 1.165) is 63.0 Å². The Labute approximate surface area is 160 Å². The van der Waals surface area contributed by atoms with Gasteiger partial charge < -0.3 is 9.47 Å². The number of hydrogen-bond donors (Lipinski definition) is 0. The summed E-state index contributed by atoms with van der Waals surface area (Å²) in [6.07, 6.45) is 7.85. The van der Waals surface area contributed by atoms with Crippen molar-refractivity contribution >= 4 is 5.82 Å². The van der Waals surface area contributed by atoms with Crippen LogP contribution in [-0.4, -0.2) is 50.8 Å². The topological polar surface area (TPSA) is 73.9 Å². The minimum atomic E-state index is 0.319. The number of aromatic nitrogens is 4. The van der Waals surface area contributed by atoms with Gasteiger partial charge in [-0.05, 0) is 50.9 Å². The van der Waals surface area contributed by atoms with Crippen LogP contribution < -0.4 is 4.90 Å². The average molecular weight is 365 g/mol. The zero-order chi connectivity index (χ0) is 18.6. The van der Waals surface area contributed by atoms with Gasteiger partial charge in [-0.3, -0.25) is 4.90 Å². The second-order valence-electron chi connectivity index (χ2n) is 7.64. The summed E-state index contributed by atoms with van der Waals surface area (Å²) in [7, 11) is 2.09. The first-order valence-corrected chi connectivity index (χ1v) is 9.97. The molecule has 7 nitrogen and oxygen atoms in total. The number of pyridine rings is 1. The molecule has 0 aromatic carbocycles. The maximum absolute atomic E-state index is 9.39. The molecule has 7 heteroatoms. The van der Waals surface area contributed by atoms with Gasteiger partial charge in [-0.25, -0.2) is 4.98 Å². The number of nitriles is 1. The first-order chi connectivity index (χ1) is 13.3. The molecule has 0 spiro atoms. The van der Waals surface area contributed by atoms with E-state index in [4.69, 9.17) is 0 Å². The Balaban J connectivity index is 1.49. The first kappa shape index (κ1) is 17.9.